The molecule has 2 fully saturated rings. The number of hydrogen-bond acceptors (Lipinski definition) is 4. The Kier molecular flexibility index (Phi) is 5.81. The number of nitrogens with zero attached hydrogens (tertiary/aromatic N) is 1. The van der Waals surface area contributed by atoms with Crippen molar-refractivity contribution in [3.8, 4) is 0 Å². The molecule has 0 bridgehead atoms. The van der Waals surface area contributed by atoms with Gasteiger partial charge in [0.2, 0.25) is 0 Å². The lowest BCUT2D eigenvalue weighted by atomic mass is 9.90. The third-order valence-electron chi connectivity index (χ3n) is 4.54. The first-order valence-corrected chi connectivity index (χ1v) is 7.87. The van der Waals surface area contributed by atoms with Crippen molar-refractivity contribution in [2.75, 3.05) is 26.3 Å². The van der Waals surface area contributed by atoms with E-state index in [1.54, 1.807) is 0 Å². The lowest BCUT2D eigenvalue weighted by Gasteiger charge is -2.40. The largest absolute Gasteiger partial charge is 0.376 e. The molecule has 20 heavy (non-hydrogen) atoms. The molecule has 2 aliphatic heterocycles. The van der Waals surface area contributed by atoms with Gasteiger partial charge in [-0.1, -0.05) is 6.92 Å². The topological polar surface area (TPSA) is 64.8 Å². The summed E-state index contributed by atoms with van der Waals surface area (Å²) >= 11 is 0. The molecule has 5 nitrogen and oxygen atoms in total. The van der Waals surface area contributed by atoms with Crippen LogP contribution in [-0.4, -0.2) is 55.4 Å². The van der Waals surface area contributed by atoms with Crippen LogP contribution in [0, 0.1) is 5.92 Å². The molecule has 0 saturated carbocycles. The molecule has 0 unspecified atom stereocenters. The van der Waals surface area contributed by atoms with Crippen molar-refractivity contribution < 1.29 is 14.3 Å². The standard InChI is InChI=1S/C15H28N2O3/c1-11-5-3-7-17(14(11)9-16)15(18)12(2)20-10-13-6-4-8-19-13/h11-14H,3-10,16H2,1-2H3/t11-,12-,13-,14+/m0/s1. The number of likely N-dealkylation sites (tertiary alicyclic amines) is 1. The van der Waals surface area contributed by atoms with Crippen LogP contribution in [0.25, 0.3) is 0 Å². The molecule has 0 aliphatic carbocycles. The number of rotatable bonds is 5. The van der Waals surface area contributed by atoms with E-state index in [0.717, 1.165) is 38.8 Å². The molecule has 2 rings (SSSR count). The minimum Gasteiger partial charge on any atom is -0.376 e. The molecule has 0 aromatic carbocycles. The Morgan fingerprint density at radius 3 is 2.90 bits per heavy atom. The molecule has 2 aliphatic rings. The number of carbonyl (C=O) groups excluding carboxylic acids is 1. The molecule has 0 radical (unpaired) electrons. The van der Waals surface area contributed by atoms with Crippen LogP contribution in [0.1, 0.15) is 39.5 Å². The molecule has 2 saturated heterocycles. The van der Waals surface area contributed by atoms with Gasteiger partial charge in [0.15, 0.2) is 0 Å². The lowest BCUT2D eigenvalue weighted by Crippen LogP contribution is -2.54. The lowest BCUT2D eigenvalue weighted by molar-refractivity contribution is -0.149. The van der Waals surface area contributed by atoms with E-state index in [1.807, 2.05) is 11.8 Å². The fourth-order valence-corrected chi connectivity index (χ4v) is 3.21. The molecule has 0 spiro atoms. The summed E-state index contributed by atoms with van der Waals surface area (Å²) in [6.45, 7) is 6.68. The van der Waals surface area contributed by atoms with E-state index in [0.29, 0.717) is 19.1 Å². The third-order valence-corrected chi connectivity index (χ3v) is 4.54. The normalized spacial score (nSPS) is 32.4. The second kappa shape index (κ2) is 7.38. The Bertz CT molecular complexity index is 318. The van der Waals surface area contributed by atoms with Gasteiger partial charge in [-0.2, -0.15) is 0 Å². The zero-order valence-corrected chi connectivity index (χ0v) is 12.7. The van der Waals surface area contributed by atoms with E-state index in [4.69, 9.17) is 15.2 Å². The fourth-order valence-electron chi connectivity index (χ4n) is 3.21. The highest BCUT2D eigenvalue weighted by molar-refractivity contribution is 5.81. The second-order valence-corrected chi connectivity index (χ2v) is 6.06. The molecule has 2 N–H and O–H groups in total. The van der Waals surface area contributed by atoms with E-state index in [9.17, 15) is 4.79 Å². The summed E-state index contributed by atoms with van der Waals surface area (Å²) in [5, 5.41) is 0. The maximum absolute atomic E-state index is 12.5. The van der Waals surface area contributed by atoms with Gasteiger partial charge in [-0.25, -0.2) is 0 Å². The van der Waals surface area contributed by atoms with Gasteiger partial charge >= 0.3 is 0 Å². The first-order valence-electron chi connectivity index (χ1n) is 7.87. The van der Waals surface area contributed by atoms with Crippen LogP contribution in [0.4, 0.5) is 0 Å². The van der Waals surface area contributed by atoms with Crippen molar-refractivity contribution in [1.82, 2.24) is 4.90 Å². The average molecular weight is 284 g/mol. The minimum absolute atomic E-state index is 0.0741. The van der Waals surface area contributed by atoms with E-state index in [1.165, 1.54) is 0 Å². The SMILES string of the molecule is C[C@H](OC[C@@H]1CCCO1)C(=O)N1CCC[C@H](C)[C@H]1CN. The van der Waals surface area contributed by atoms with Crippen LogP contribution in [0.2, 0.25) is 0 Å². The Balaban J connectivity index is 1.84. The number of piperidine rings is 1. The Hall–Kier alpha value is -0.650. The van der Waals surface area contributed by atoms with Gasteiger partial charge in [0.05, 0.1) is 12.7 Å². The zero-order chi connectivity index (χ0) is 14.5. The van der Waals surface area contributed by atoms with Crippen LogP contribution < -0.4 is 5.73 Å². The highest BCUT2D eigenvalue weighted by atomic mass is 16.5. The second-order valence-electron chi connectivity index (χ2n) is 6.06. The van der Waals surface area contributed by atoms with Crippen molar-refractivity contribution in [2.45, 2.75) is 57.8 Å². The number of nitrogens with two attached hydrogens (primary N) is 1. The number of amides is 1. The van der Waals surface area contributed by atoms with Crippen molar-refractivity contribution >= 4 is 5.91 Å². The first kappa shape index (κ1) is 15.7. The van der Waals surface area contributed by atoms with E-state index >= 15 is 0 Å². The Morgan fingerprint density at radius 1 is 1.45 bits per heavy atom. The van der Waals surface area contributed by atoms with Gasteiger partial charge in [-0.15, -0.1) is 0 Å². The molecule has 0 aromatic heterocycles. The summed E-state index contributed by atoms with van der Waals surface area (Å²) in [6.07, 6.45) is 4.09. The molecule has 116 valence electrons. The van der Waals surface area contributed by atoms with Crippen LogP contribution >= 0.6 is 0 Å². The molecular weight excluding hydrogens is 256 g/mol. The van der Waals surface area contributed by atoms with E-state index in [2.05, 4.69) is 6.92 Å². The maximum Gasteiger partial charge on any atom is 0.251 e. The van der Waals surface area contributed by atoms with Crippen LogP contribution in [0.3, 0.4) is 0 Å². The average Bonchev–Trinajstić information content (AvgIpc) is 2.97. The highest BCUT2D eigenvalue weighted by Crippen LogP contribution is 2.23. The quantitative estimate of drug-likeness (QED) is 0.822. The molecular formula is C15H28N2O3. The summed E-state index contributed by atoms with van der Waals surface area (Å²) in [7, 11) is 0. The van der Waals surface area contributed by atoms with Gasteiger partial charge in [0.1, 0.15) is 6.10 Å². The summed E-state index contributed by atoms with van der Waals surface area (Å²) in [5.74, 6) is 0.549. The van der Waals surface area contributed by atoms with E-state index in [-0.39, 0.29) is 18.1 Å². The molecule has 5 heteroatoms. The smallest absolute Gasteiger partial charge is 0.251 e. The van der Waals surface area contributed by atoms with Crippen molar-refractivity contribution in [3.05, 3.63) is 0 Å². The molecule has 4 atom stereocenters. The number of ether oxygens (including phenoxy) is 2. The first-order chi connectivity index (χ1) is 9.63. The monoisotopic (exact) mass is 284 g/mol. The van der Waals surface area contributed by atoms with Crippen molar-refractivity contribution in [1.29, 1.82) is 0 Å². The number of hydrogen-bond donors (Lipinski definition) is 1. The van der Waals surface area contributed by atoms with Gasteiger partial charge in [-0.3, -0.25) is 4.79 Å². The molecule has 0 aromatic rings. The zero-order valence-electron chi connectivity index (χ0n) is 12.7. The molecule has 1 amide bonds. The van der Waals surface area contributed by atoms with Crippen LogP contribution in [0.5, 0.6) is 0 Å². The summed E-state index contributed by atoms with van der Waals surface area (Å²) in [4.78, 5) is 14.4. The van der Waals surface area contributed by atoms with Crippen LogP contribution in [-0.2, 0) is 14.3 Å². The Labute approximate surface area is 121 Å². The van der Waals surface area contributed by atoms with E-state index < -0.39 is 6.10 Å². The predicted molar refractivity (Wildman–Crippen MR) is 77.3 cm³/mol. The predicted octanol–water partition coefficient (Wildman–Crippen LogP) is 1.16. The fraction of sp³-hybridized carbons (Fsp3) is 0.933. The van der Waals surface area contributed by atoms with Gasteiger partial charge in [0, 0.05) is 25.7 Å². The van der Waals surface area contributed by atoms with Crippen molar-refractivity contribution in [2.24, 2.45) is 11.7 Å². The summed E-state index contributed by atoms with van der Waals surface area (Å²) in [6, 6.07) is 0.157. The van der Waals surface area contributed by atoms with Crippen LogP contribution in [0.15, 0.2) is 0 Å². The van der Waals surface area contributed by atoms with Gasteiger partial charge in [-0.05, 0) is 38.5 Å². The molecule has 2 heterocycles. The van der Waals surface area contributed by atoms with Crippen molar-refractivity contribution in [3.63, 3.8) is 0 Å². The summed E-state index contributed by atoms with van der Waals surface area (Å²) in [5.41, 5.74) is 5.84. The van der Waals surface area contributed by atoms with Gasteiger partial charge < -0.3 is 20.1 Å². The minimum atomic E-state index is -0.404. The maximum atomic E-state index is 12.5. The number of carbonyl (C=O) groups is 1. The highest BCUT2D eigenvalue weighted by Gasteiger charge is 2.33. The Morgan fingerprint density at radius 2 is 2.25 bits per heavy atom. The summed E-state index contributed by atoms with van der Waals surface area (Å²) < 4.78 is 11.2. The van der Waals surface area contributed by atoms with Gasteiger partial charge in [0.25, 0.3) is 5.91 Å². The third kappa shape index (κ3) is 3.71.